The Labute approximate surface area is 119 Å². The third-order valence-electron chi connectivity index (χ3n) is 2.17. The Morgan fingerprint density at radius 3 is 2.39 bits per heavy atom. The van der Waals surface area contributed by atoms with Gasteiger partial charge in [0.2, 0.25) is 0 Å². The fraction of sp³-hybridized carbons (Fsp3) is 0. The summed E-state index contributed by atoms with van der Waals surface area (Å²) in [5.74, 6) is -0.294. The largest absolute Gasteiger partial charge is 0.322 e. The zero-order chi connectivity index (χ0) is 13.1. The Morgan fingerprint density at radius 1 is 1.17 bits per heavy atom. The highest BCUT2D eigenvalue weighted by Gasteiger charge is 2.09. The number of nitrogens with one attached hydrogen (secondary N) is 1. The minimum atomic E-state index is -0.294. The fourth-order valence-electron chi connectivity index (χ4n) is 1.33. The van der Waals surface area contributed by atoms with Crippen molar-refractivity contribution in [2.24, 2.45) is 0 Å². The van der Waals surface area contributed by atoms with Crippen LogP contribution < -0.4 is 5.32 Å². The van der Waals surface area contributed by atoms with E-state index in [2.05, 4.69) is 10.3 Å². The maximum Gasteiger partial charge on any atom is 0.257 e. The number of rotatable bonds is 2. The number of nitrogens with zero attached hydrogens (tertiary/aromatic N) is 1. The average molecular weight is 302 g/mol. The summed E-state index contributed by atoms with van der Waals surface area (Å²) in [6.07, 6.45) is 3.06. The van der Waals surface area contributed by atoms with Crippen molar-refractivity contribution in [2.45, 2.75) is 0 Å². The molecule has 0 aliphatic carbocycles. The second-order valence-electron chi connectivity index (χ2n) is 3.45. The molecule has 0 unspecified atom stereocenters. The molecular weight excluding hydrogens is 295 g/mol. The molecule has 6 heteroatoms. The summed E-state index contributed by atoms with van der Waals surface area (Å²) in [5, 5.41) is 3.49. The van der Waals surface area contributed by atoms with Gasteiger partial charge in [-0.3, -0.25) is 9.78 Å². The first-order valence-electron chi connectivity index (χ1n) is 4.94. The van der Waals surface area contributed by atoms with E-state index in [0.717, 1.165) is 0 Å². The quantitative estimate of drug-likeness (QED) is 0.841. The molecule has 92 valence electrons. The van der Waals surface area contributed by atoms with Gasteiger partial charge in [0.05, 0.1) is 20.6 Å². The van der Waals surface area contributed by atoms with Crippen LogP contribution in [0.5, 0.6) is 0 Å². The summed E-state index contributed by atoms with van der Waals surface area (Å²) >= 11 is 17.6. The van der Waals surface area contributed by atoms with Gasteiger partial charge in [-0.25, -0.2) is 0 Å². The summed E-state index contributed by atoms with van der Waals surface area (Å²) < 4.78 is 0. The van der Waals surface area contributed by atoms with Crippen molar-refractivity contribution in [1.29, 1.82) is 0 Å². The number of benzene rings is 1. The molecule has 0 fully saturated rings. The van der Waals surface area contributed by atoms with Crippen LogP contribution in [0, 0.1) is 0 Å². The minimum Gasteiger partial charge on any atom is -0.322 e. The number of anilines is 1. The minimum absolute atomic E-state index is 0.262. The third kappa shape index (κ3) is 2.93. The summed E-state index contributed by atoms with van der Waals surface area (Å²) in [6.45, 7) is 0. The second kappa shape index (κ2) is 5.57. The van der Waals surface area contributed by atoms with Crippen LogP contribution in [-0.4, -0.2) is 10.9 Å². The van der Waals surface area contributed by atoms with Gasteiger partial charge in [-0.2, -0.15) is 0 Å². The number of pyridine rings is 1. The van der Waals surface area contributed by atoms with Crippen molar-refractivity contribution >= 4 is 46.4 Å². The van der Waals surface area contributed by atoms with Gasteiger partial charge in [-0.05, 0) is 24.3 Å². The monoisotopic (exact) mass is 300 g/mol. The number of hydrogen-bond donors (Lipinski definition) is 1. The van der Waals surface area contributed by atoms with E-state index in [9.17, 15) is 4.79 Å². The van der Waals surface area contributed by atoms with Gasteiger partial charge < -0.3 is 5.32 Å². The van der Waals surface area contributed by atoms with Crippen molar-refractivity contribution in [3.05, 3.63) is 57.3 Å². The van der Waals surface area contributed by atoms with Crippen LogP contribution in [0.4, 0.5) is 5.69 Å². The molecule has 1 N–H and O–H groups in total. The smallest absolute Gasteiger partial charge is 0.257 e. The summed E-state index contributed by atoms with van der Waals surface area (Å²) in [6, 6.07) is 6.40. The number of hydrogen-bond acceptors (Lipinski definition) is 2. The van der Waals surface area contributed by atoms with Crippen molar-refractivity contribution < 1.29 is 4.79 Å². The highest BCUT2D eigenvalue weighted by Crippen LogP contribution is 2.33. The van der Waals surface area contributed by atoms with Gasteiger partial charge >= 0.3 is 0 Å². The first kappa shape index (κ1) is 13.1. The standard InChI is InChI=1S/C12H7Cl3N2O/c13-9-4-8(5-10(14)11(9)15)17-12(18)7-2-1-3-16-6-7/h1-6H,(H,17,18). The van der Waals surface area contributed by atoms with Crippen LogP contribution in [0.3, 0.4) is 0 Å². The van der Waals surface area contributed by atoms with Crippen LogP contribution in [0.2, 0.25) is 15.1 Å². The molecule has 0 radical (unpaired) electrons. The number of amides is 1. The highest BCUT2D eigenvalue weighted by atomic mass is 35.5. The summed E-state index contributed by atoms with van der Waals surface area (Å²) in [7, 11) is 0. The average Bonchev–Trinajstić information content (AvgIpc) is 2.37. The lowest BCUT2D eigenvalue weighted by Gasteiger charge is -2.07. The predicted octanol–water partition coefficient (Wildman–Crippen LogP) is 4.29. The van der Waals surface area contributed by atoms with Gasteiger partial charge in [-0.1, -0.05) is 34.8 Å². The van der Waals surface area contributed by atoms with E-state index in [4.69, 9.17) is 34.8 Å². The van der Waals surface area contributed by atoms with E-state index >= 15 is 0 Å². The van der Waals surface area contributed by atoms with Crippen LogP contribution in [0.25, 0.3) is 0 Å². The number of aromatic nitrogens is 1. The maximum atomic E-state index is 11.9. The highest BCUT2D eigenvalue weighted by molar-refractivity contribution is 6.48. The van der Waals surface area contributed by atoms with Crippen molar-refractivity contribution in [1.82, 2.24) is 4.98 Å². The molecule has 3 nitrogen and oxygen atoms in total. The molecule has 0 saturated carbocycles. The van der Waals surface area contributed by atoms with Gasteiger partial charge in [0.1, 0.15) is 0 Å². The van der Waals surface area contributed by atoms with Gasteiger partial charge in [0.25, 0.3) is 5.91 Å². The topological polar surface area (TPSA) is 42.0 Å². The lowest BCUT2D eigenvalue weighted by Crippen LogP contribution is -2.11. The molecule has 0 aliphatic rings. The van der Waals surface area contributed by atoms with Gasteiger partial charge in [0, 0.05) is 18.1 Å². The molecule has 18 heavy (non-hydrogen) atoms. The predicted molar refractivity (Wildman–Crippen MR) is 73.7 cm³/mol. The molecule has 1 aromatic heterocycles. The molecule has 0 aliphatic heterocycles. The maximum absolute atomic E-state index is 11.9. The molecule has 0 saturated heterocycles. The fourth-order valence-corrected chi connectivity index (χ4v) is 1.92. The Kier molecular flexibility index (Phi) is 4.07. The molecule has 2 rings (SSSR count). The van der Waals surface area contributed by atoms with Gasteiger partial charge in [0.15, 0.2) is 0 Å². The molecule has 0 bridgehead atoms. The summed E-state index contributed by atoms with van der Waals surface area (Å²) in [5.41, 5.74) is 0.919. The normalized spacial score (nSPS) is 10.2. The van der Waals surface area contributed by atoms with Crippen LogP contribution in [0.1, 0.15) is 10.4 Å². The van der Waals surface area contributed by atoms with E-state index < -0.39 is 0 Å². The number of halogens is 3. The Bertz CT molecular complexity index is 564. The molecule has 0 spiro atoms. The Hall–Kier alpha value is -1.29. The van der Waals surface area contributed by atoms with E-state index in [0.29, 0.717) is 11.3 Å². The molecule has 1 heterocycles. The van der Waals surface area contributed by atoms with Crippen molar-refractivity contribution in [3.63, 3.8) is 0 Å². The first-order valence-corrected chi connectivity index (χ1v) is 6.07. The second-order valence-corrected chi connectivity index (χ2v) is 4.64. The molecule has 0 atom stereocenters. The van der Waals surface area contributed by atoms with E-state index in [1.165, 1.54) is 18.3 Å². The molecular formula is C12H7Cl3N2O. The Morgan fingerprint density at radius 2 is 1.83 bits per heavy atom. The van der Waals surface area contributed by atoms with Crippen LogP contribution in [0.15, 0.2) is 36.7 Å². The number of carbonyl (C=O) groups excluding carboxylic acids is 1. The molecule has 2 aromatic rings. The van der Waals surface area contributed by atoms with Crippen molar-refractivity contribution in [2.75, 3.05) is 5.32 Å². The van der Waals surface area contributed by atoms with Crippen LogP contribution >= 0.6 is 34.8 Å². The van der Waals surface area contributed by atoms with E-state index in [1.807, 2.05) is 0 Å². The van der Waals surface area contributed by atoms with Gasteiger partial charge in [-0.15, -0.1) is 0 Å². The van der Waals surface area contributed by atoms with Crippen LogP contribution in [-0.2, 0) is 0 Å². The van der Waals surface area contributed by atoms with E-state index in [-0.39, 0.29) is 21.0 Å². The number of carbonyl (C=O) groups is 1. The lowest BCUT2D eigenvalue weighted by atomic mass is 10.2. The summed E-state index contributed by atoms with van der Waals surface area (Å²) in [4.78, 5) is 15.7. The first-order chi connectivity index (χ1) is 8.58. The zero-order valence-electron chi connectivity index (χ0n) is 8.95. The molecule has 1 aromatic carbocycles. The lowest BCUT2D eigenvalue weighted by molar-refractivity contribution is 0.102. The third-order valence-corrected chi connectivity index (χ3v) is 3.36. The SMILES string of the molecule is O=C(Nc1cc(Cl)c(Cl)c(Cl)c1)c1cccnc1. The van der Waals surface area contributed by atoms with E-state index in [1.54, 1.807) is 18.3 Å². The Balaban J connectivity index is 2.23. The van der Waals surface area contributed by atoms with Crippen molar-refractivity contribution in [3.8, 4) is 0 Å². The zero-order valence-corrected chi connectivity index (χ0v) is 11.2. The molecule has 1 amide bonds.